The fourth-order valence-electron chi connectivity index (χ4n) is 1.42. The van der Waals surface area contributed by atoms with Crippen molar-refractivity contribution >= 4 is 0 Å². The van der Waals surface area contributed by atoms with Crippen LogP contribution >= 0.6 is 0 Å². The highest BCUT2D eigenvalue weighted by Gasteiger charge is 2.29. The predicted octanol–water partition coefficient (Wildman–Crippen LogP) is 1.58. The molecule has 0 bridgehead atoms. The van der Waals surface area contributed by atoms with E-state index in [9.17, 15) is 0 Å². The normalized spacial score (nSPS) is 30.2. The molecular weight excluding hydrogens is 208 g/mol. The van der Waals surface area contributed by atoms with E-state index < -0.39 is 0 Å². The van der Waals surface area contributed by atoms with Gasteiger partial charge in [0.05, 0.1) is 26.4 Å². The van der Waals surface area contributed by atoms with Gasteiger partial charge in [-0.05, 0) is 5.41 Å². The Hall–Kier alpha value is -0.160. The highest BCUT2D eigenvalue weighted by molar-refractivity contribution is 4.72. The first kappa shape index (κ1) is 12.3. The Morgan fingerprint density at radius 3 is 1.81 bits per heavy atom. The van der Waals surface area contributed by atoms with Gasteiger partial charge in [0.25, 0.3) is 0 Å². The minimum absolute atomic E-state index is 0.131. The standard InChI is InChI=1S/C12H22O4/c1-12(2,3)4-11(15-7-9-5-13-9)16-8-10-6-14-10/h9-11H,4-8H2,1-3H3. The Labute approximate surface area is 97.2 Å². The van der Waals surface area contributed by atoms with Crippen molar-refractivity contribution in [3.63, 3.8) is 0 Å². The second kappa shape index (κ2) is 5.00. The van der Waals surface area contributed by atoms with Crippen LogP contribution in [0.2, 0.25) is 0 Å². The summed E-state index contributed by atoms with van der Waals surface area (Å²) >= 11 is 0. The highest BCUT2D eigenvalue weighted by Crippen LogP contribution is 2.24. The molecule has 4 nitrogen and oxygen atoms in total. The van der Waals surface area contributed by atoms with E-state index in [0.29, 0.717) is 25.4 Å². The van der Waals surface area contributed by atoms with Crippen LogP contribution in [-0.2, 0) is 18.9 Å². The third-order valence-corrected chi connectivity index (χ3v) is 2.52. The maximum Gasteiger partial charge on any atom is 0.158 e. The van der Waals surface area contributed by atoms with Crippen molar-refractivity contribution in [1.29, 1.82) is 0 Å². The van der Waals surface area contributed by atoms with E-state index >= 15 is 0 Å². The monoisotopic (exact) mass is 230 g/mol. The maximum atomic E-state index is 5.72. The largest absolute Gasteiger partial charge is 0.371 e. The van der Waals surface area contributed by atoms with Gasteiger partial charge in [-0.25, -0.2) is 0 Å². The second-order valence-corrected chi connectivity index (χ2v) is 5.77. The van der Waals surface area contributed by atoms with Gasteiger partial charge in [0.2, 0.25) is 0 Å². The zero-order chi connectivity index (χ0) is 11.6. The van der Waals surface area contributed by atoms with E-state index in [-0.39, 0.29) is 11.7 Å². The summed E-state index contributed by atoms with van der Waals surface area (Å²) in [7, 11) is 0. The Balaban J connectivity index is 1.68. The summed E-state index contributed by atoms with van der Waals surface area (Å²) in [4.78, 5) is 0. The second-order valence-electron chi connectivity index (χ2n) is 5.77. The van der Waals surface area contributed by atoms with Crippen LogP contribution in [0.1, 0.15) is 27.2 Å². The minimum atomic E-state index is -0.131. The van der Waals surface area contributed by atoms with Gasteiger partial charge in [0.1, 0.15) is 12.2 Å². The molecule has 0 aliphatic carbocycles. The number of hydrogen-bond acceptors (Lipinski definition) is 4. The molecule has 2 fully saturated rings. The summed E-state index contributed by atoms with van der Waals surface area (Å²) < 4.78 is 21.7. The van der Waals surface area contributed by atoms with Crippen molar-refractivity contribution < 1.29 is 18.9 Å². The summed E-state index contributed by atoms with van der Waals surface area (Å²) in [5.74, 6) is 0. The molecule has 2 heterocycles. The predicted molar refractivity (Wildman–Crippen MR) is 59.2 cm³/mol. The maximum absolute atomic E-state index is 5.72. The number of ether oxygens (including phenoxy) is 4. The van der Waals surface area contributed by atoms with Gasteiger partial charge in [-0.2, -0.15) is 0 Å². The lowest BCUT2D eigenvalue weighted by molar-refractivity contribution is -0.162. The molecular formula is C12H22O4. The quantitative estimate of drug-likeness (QED) is 0.492. The van der Waals surface area contributed by atoms with E-state index in [2.05, 4.69) is 20.8 Å². The smallest absolute Gasteiger partial charge is 0.158 e. The fraction of sp³-hybridized carbons (Fsp3) is 1.00. The van der Waals surface area contributed by atoms with Crippen molar-refractivity contribution in [3.8, 4) is 0 Å². The van der Waals surface area contributed by atoms with Crippen molar-refractivity contribution in [3.05, 3.63) is 0 Å². The number of hydrogen-bond donors (Lipinski definition) is 0. The van der Waals surface area contributed by atoms with Gasteiger partial charge in [0.15, 0.2) is 6.29 Å². The van der Waals surface area contributed by atoms with E-state index in [4.69, 9.17) is 18.9 Å². The Morgan fingerprint density at radius 1 is 1.06 bits per heavy atom. The van der Waals surface area contributed by atoms with Crippen LogP contribution in [0.15, 0.2) is 0 Å². The lowest BCUT2D eigenvalue weighted by Gasteiger charge is -2.25. The average molecular weight is 230 g/mol. The molecule has 0 radical (unpaired) electrons. The molecule has 0 spiro atoms. The summed E-state index contributed by atoms with van der Waals surface area (Å²) in [6.07, 6.45) is 1.35. The van der Waals surface area contributed by atoms with Gasteiger partial charge < -0.3 is 18.9 Å². The fourth-order valence-corrected chi connectivity index (χ4v) is 1.42. The minimum Gasteiger partial charge on any atom is -0.371 e. The molecule has 0 N–H and O–H groups in total. The zero-order valence-corrected chi connectivity index (χ0v) is 10.4. The van der Waals surface area contributed by atoms with E-state index in [1.165, 1.54) is 0 Å². The van der Waals surface area contributed by atoms with Gasteiger partial charge in [-0.1, -0.05) is 20.8 Å². The van der Waals surface area contributed by atoms with Crippen LogP contribution in [0.4, 0.5) is 0 Å². The van der Waals surface area contributed by atoms with Crippen molar-refractivity contribution in [2.75, 3.05) is 26.4 Å². The van der Waals surface area contributed by atoms with Gasteiger partial charge in [-0.3, -0.25) is 0 Å². The van der Waals surface area contributed by atoms with Gasteiger partial charge in [-0.15, -0.1) is 0 Å². The van der Waals surface area contributed by atoms with Crippen LogP contribution in [0, 0.1) is 5.41 Å². The molecule has 4 heteroatoms. The van der Waals surface area contributed by atoms with Crippen LogP contribution in [-0.4, -0.2) is 44.9 Å². The average Bonchev–Trinajstić information content (AvgIpc) is 2.99. The molecule has 94 valence electrons. The lowest BCUT2D eigenvalue weighted by atomic mass is 9.92. The summed E-state index contributed by atoms with van der Waals surface area (Å²) in [6.45, 7) is 9.51. The zero-order valence-electron chi connectivity index (χ0n) is 10.4. The summed E-state index contributed by atoms with van der Waals surface area (Å²) in [5, 5.41) is 0. The molecule has 2 atom stereocenters. The first-order valence-corrected chi connectivity index (χ1v) is 5.99. The van der Waals surface area contributed by atoms with Crippen molar-refractivity contribution in [2.45, 2.75) is 45.7 Å². The molecule has 0 amide bonds. The van der Waals surface area contributed by atoms with Gasteiger partial charge >= 0.3 is 0 Å². The molecule has 2 unspecified atom stereocenters. The van der Waals surface area contributed by atoms with Crippen molar-refractivity contribution in [1.82, 2.24) is 0 Å². The van der Waals surface area contributed by atoms with E-state index in [1.54, 1.807) is 0 Å². The molecule has 0 aromatic heterocycles. The molecule has 0 aromatic carbocycles. The highest BCUT2D eigenvalue weighted by atomic mass is 16.7. The van der Waals surface area contributed by atoms with Crippen molar-refractivity contribution in [2.24, 2.45) is 5.41 Å². The van der Waals surface area contributed by atoms with Crippen LogP contribution < -0.4 is 0 Å². The topological polar surface area (TPSA) is 43.5 Å². The Morgan fingerprint density at radius 2 is 1.50 bits per heavy atom. The van der Waals surface area contributed by atoms with Crippen LogP contribution in [0.25, 0.3) is 0 Å². The number of epoxide rings is 2. The summed E-state index contributed by atoms with van der Waals surface area (Å²) in [5.41, 5.74) is 0.208. The molecule has 2 aliphatic rings. The third-order valence-electron chi connectivity index (χ3n) is 2.52. The lowest BCUT2D eigenvalue weighted by Crippen LogP contribution is -2.27. The molecule has 0 saturated carbocycles. The van der Waals surface area contributed by atoms with E-state index in [1.807, 2.05) is 0 Å². The van der Waals surface area contributed by atoms with Crippen LogP contribution in [0.3, 0.4) is 0 Å². The number of rotatable bonds is 7. The Kier molecular flexibility index (Phi) is 3.85. The molecule has 2 saturated heterocycles. The van der Waals surface area contributed by atoms with Gasteiger partial charge in [0, 0.05) is 6.42 Å². The third kappa shape index (κ3) is 5.25. The van der Waals surface area contributed by atoms with E-state index in [0.717, 1.165) is 19.6 Å². The molecule has 2 rings (SSSR count). The summed E-state index contributed by atoms with van der Waals surface area (Å²) in [6, 6.07) is 0. The SMILES string of the molecule is CC(C)(C)CC(OCC1CO1)OCC1CO1. The Bertz CT molecular complexity index is 200. The van der Waals surface area contributed by atoms with Crippen LogP contribution in [0.5, 0.6) is 0 Å². The first-order chi connectivity index (χ1) is 7.53. The molecule has 0 aromatic rings. The molecule has 2 aliphatic heterocycles. The first-order valence-electron chi connectivity index (χ1n) is 5.99. The molecule has 16 heavy (non-hydrogen) atoms.